The van der Waals surface area contributed by atoms with E-state index in [1.807, 2.05) is 0 Å². The van der Waals surface area contributed by atoms with Crippen LogP contribution in [0.3, 0.4) is 0 Å². The predicted octanol–water partition coefficient (Wildman–Crippen LogP) is 18.1. The van der Waals surface area contributed by atoms with Crippen LogP contribution in [-0.2, 0) is 5.41 Å². The van der Waals surface area contributed by atoms with Gasteiger partial charge < -0.3 is 4.90 Å². The lowest BCUT2D eigenvalue weighted by Gasteiger charge is -2.27. The maximum absolute atomic E-state index is 2.39. The second-order valence-electron chi connectivity index (χ2n) is 18.1. The van der Waals surface area contributed by atoms with Gasteiger partial charge in [0, 0.05) is 22.5 Å². The molecule has 66 heavy (non-hydrogen) atoms. The fraction of sp³-hybridized carbons (Fsp3) is 0.0462. The zero-order valence-electron chi connectivity index (χ0n) is 37.1. The molecular formula is C65H47N. The van der Waals surface area contributed by atoms with Crippen molar-refractivity contribution in [3.8, 4) is 66.8 Å². The molecule has 1 aliphatic rings. The Labute approximate surface area is 387 Å². The van der Waals surface area contributed by atoms with Crippen molar-refractivity contribution < 1.29 is 0 Å². The van der Waals surface area contributed by atoms with E-state index in [0.717, 1.165) is 17.1 Å². The second-order valence-corrected chi connectivity index (χ2v) is 18.1. The molecule has 0 heterocycles. The molecule has 0 saturated heterocycles. The van der Waals surface area contributed by atoms with Crippen molar-refractivity contribution in [1.29, 1.82) is 0 Å². The van der Waals surface area contributed by atoms with Crippen LogP contribution in [0.15, 0.2) is 249 Å². The van der Waals surface area contributed by atoms with Crippen LogP contribution in [0.25, 0.3) is 88.3 Å². The molecule has 0 amide bonds. The highest BCUT2D eigenvalue weighted by Gasteiger charge is 2.37. The molecule has 0 saturated carbocycles. The van der Waals surface area contributed by atoms with Crippen LogP contribution in [0.1, 0.15) is 25.0 Å². The summed E-state index contributed by atoms with van der Waals surface area (Å²) in [6, 6.07) is 91.2. The minimum absolute atomic E-state index is 0.0996. The Balaban J connectivity index is 0.941. The SMILES string of the molecule is CC1(C)c2ccccc2-c2cccc(-c3ccc(N(c4ccc(-c5ccc(-c6ccccc6)c(-c6ccccc6)c5)cc4)c4ccc(-c5cccc6c5ccc5ccccc56)cc4)cc3)c21. The van der Waals surface area contributed by atoms with Crippen LogP contribution in [0.4, 0.5) is 17.1 Å². The molecule has 312 valence electrons. The first-order valence-corrected chi connectivity index (χ1v) is 23.0. The Morgan fingerprint density at radius 1 is 0.273 bits per heavy atom. The number of benzene rings is 11. The molecule has 0 aliphatic heterocycles. The number of anilines is 3. The van der Waals surface area contributed by atoms with E-state index >= 15 is 0 Å². The van der Waals surface area contributed by atoms with E-state index in [4.69, 9.17) is 0 Å². The molecule has 11 aromatic carbocycles. The summed E-state index contributed by atoms with van der Waals surface area (Å²) in [6.07, 6.45) is 0. The highest BCUT2D eigenvalue weighted by molar-refractivity contribution is 6.12. The van der Waals surface area contributed by atoms with E-state index in [2.05, 4.69) is 267 Å². The van der Waals surface area contributed by atoms with Crippen molar-refractivity contribution in [1.82, 2.24) is 0 Å². The second kappa shape index (κ2) is 16.1. The number of hydrogen-bond donors (Lipinski definition) is 0. The minimum atomic E-state index is -0.0996. The van der Waals surface area contributed by atoms with Crippen LogP contribution < -0.4 is 4.90 Å². The number of rotatable bonds is 8. The Morgan fingerprint density at radius 2 is 0.758 bits per heavy atom. The van der Waals surface area contributed by atoms with Crippen molar-refractivity contribution in [2.75, 3.05) is 4.90 Å². The van der Waals surface area contributed by atoms with E-state index in [9.17, 15) is 0 Å². The largest absolute Gasteiger partial charge is 0.311 e. The average molecular weight is 842 g/mol. The van der Waals surface area contributed by atoms with Crippen LogP contribution >= 0.6 is 0 Å². The van der Waals surface area contributed by atoms with Crippen molar-refractivity contribution in [2.45, 2.75) is 19.3 Å². The van der Waals surface area contributed by atoms with Crippen LogP contribution in [-0.4, -0.2) is 0 Å². The van der Waals surface area contributed by atoms with E-state index < -0.39 is 0 Å². The standard InChI is InChI=1S/C65H47N/c1-65(2)63-26-12-11-21-60(63)61-25-14-23-57(64(61)65)49-31-39-53(40-32-49)66(52-37-29-48(30-38-52)55-22-13-24-58-54-20-10-9-19-47(54)33-42-59(55)58)51-35-27-44(28-36-51)50-34-41-56(45-15-5-3-6-16-45)62(43-50)46-17-7-4-8-18-46/h3-43H,1-2H3. The lowest BCUT2D eigenvalue weighted by molar-refractivity contribution is 0.662. The molecule has 0 radical (unpaired) electrons. The van der Waals surface area contributed by atoms with Gasteiger partial charge in [0.25, 0.3) is 0 Å². The van der Waals surface area contributed by atoms with Gasteiger partial charge in [-0.2, -0.15) is 0 Å². The topological polar surface area (TPSA) is 3.24 Å². The lowest BCUT2D eigenvalue weighted by Crippen LogP contribution is -2.16. The summed E-state index contributed by atoms with van der Waals surface area (Å²) in [5.74, 6) is 0. The molecule has 0 bridgehead atoms. The zero-order valence-corrected chi connectivity index (χ0v) is 37.1. The van der Waals surface area contributed by atoms with Crippen LogP contribution in [0.2, 0.25) is 0 Å². The Hall–Kier alpha value is -8.26. The molecule has 0 spiro atoms. The predicted molar refractivity (Wildman–Crippen MR) is 281 cm³/mol. The van der Waals surface area contributed by atoms with Gasteiger partial charge in [0.2, 0.25) is 0 Å². The van der Waals surface area contributed by atoms with Crippen molar-refractivity contribution >= 4 is 38.6 Å². The van der Waals surface area contributed by atoms with Gasteiger partial charge in [0.1, 0.15) is 0 Å². The lowest BCUT2D eigenvalue weighted by atomic mass is 9.79. The summed E-state index contributed by atoms with van der Waals surface area (Å²) in [5, 5.41) is 5.08. The first-order chi connectivity index (χ1) is 32.5. The fourth-order valence-corrected chi connectivity index (χ4v) is 10.7. The average Bonchev–Trinajstić information content (AvgIpc) is 3.63. The number of nitrogens with zero attached hydrogens (tertiary/aromatic N) is 1. The summed E-state index contributed by atoms with van der Waals surface area (Å²) in [6.45, 7) is 4.73. The molecule has 0 fully saturated rings. The molecule has 0 N–H and O–H groups in total. The molecule has 1 nitrogen and oxygen atoms in total. The van der Waals surface area contributed by atoms with Crippen molar-refractivity contribution in [3.05, 3.63) is 260 Å². The zero-order chi connectivity index (χ0) is 44.2. The minimum Gasteiger partial charge on any atom is -0.311 e. The summed E-state index contributed by atoms with van der Waals surface area (Å²) < 4.78 is 0. The van der Waals surface area contributed by atoms with Gasteiger partial charge in [-0.3, -0.25) is 0 Å². The van der Waals surface area contributed by atoms with Gasteiger partial charge >= 0.3 is 0 Å². The summed E-state index contributed by atoms with van der Waals surface area (Å²) in [4.78, 5) is 2.39. The fourth-order valence-electron chi connectivity index (χ4n) is 10.7. The first kappa shape index (κ1) is 39.3. The smallest absolute Gasteiger partial charge is 0.0462 e. The van der Waals surface area contributed by atoms with Gasteiger partial charge in [-0.15, -0.1) is 0 Å². The Morgan fingerprint density at radius 3 is 1.45 bits per heavy atom. The third kappa shape index (κ3) is 6.71. The molecule has 1 heteroatoms. The van der Waals surface area contributed by atoms with Gasteiger partial charge in [0.15, 0.2) is 0 Å². The van der Waals surface area contributed by atoms with Gasteiger partial charge in [-0.1, -0.05) is 220 Å². The van der Waals surface area contributed by atoms with Gasteiger partial charge in [-0.05, 0) is 142 Å². The third-order valence-corrected chi connectivity index (χ3v) is 13.9. The molecule has 0 atom stereocenters. The van der Waals surface area contributed by atoms with E-state index in [-0.39, 0.29) is 5.41 Å². The molecule has 12 rings (SSSR count). The van der Waals surface area contributed by atoms with Crippen molar-refractivity contribution in [2.24, 2.45) is 0 Å². The molecule has 1 aliphatic carbocycles. The quantitative estimate of drug-likeness (QED) is 0.138. The number of fused-ring (bicyclic) bond motifs is 6. The third-order valence-electron chi connectivity index (χ3n) is 13.9. The monoisotopic (exact) mass is 841 g/mol. The molecule has 0 unspecified atom stereocenters. The highest BCUT2D eigenvalue weighted by Crippen LogP contribution is 2.52. The maximum Gasteiger partial charge on any atom is 0.0462 e. The summed E-state index contributed by atoms with van der Waals surface area (Å²) in [7, 11) is 0. The van der Waals surface area contributed by atoms with E-state index in [1.54, 1.807) is 0 Å². The molecular weight excluding hydrogens is 795 g/mol. The maximum atomic E-state index is 2.39. The Kier molecular flexibility index (Phi) is 9.58. The summed E-state index contributed by atoms with van der Waals surface area (Å²) >= 11 is 0. The highest BCUT2D eigenvalue weighted by atomic mass is 15.1. The van der Waals surface area contributed by atoms with E-state index in [0.29, 0.717) is 0 Å². The van der Waals surface area contributed by atoms with Gasteiger partial charge in [0.05, 0.1) is 0 Å². The summed E-state index contributed by atoms with van der Waals surface area (Å²) in [5.41, 5.74) is 20.8. The van der Waals surface area contributed by atoms with Crippen LogP contribution in [0.5, 0.6) is 0 Å². The Bertz CT molecular complexity index is 3570. The molecule has 0 aromatic heterocycles. The van der Waals surface area contributed by atoms with E-state index in [1.165, 1.54) is 99.4 Å². The number of hydrogen-bond acceptors (Lipinski definition) is 1. The normalized spacial score (nSPS) is 12.5. The van der Waals surface area contributed by atoms with Crippen molar-refractivity contribution in [3.63, 3.8) is 0 Å². The van der Waals surface area contributed by atoms with Gasteiger partial charge in [-0.25, -0.2) is 0 Å². The first-order valence-electron chi connectivity index (χ1n) is 23.0. The van der Waals surface area contributed by atoms with Crippen LogP contribution in [0, 0.1) is 0 Å². The molecule has 11 aromatic rings.